The van der Waals surface area contributed by atoms with Gasteiger partial charge in [0.05, 0.1) is 29.8 Å². The predicted molar refractivity (Wildman–Crippen MR) is 131 cm³/mol. The molecule has 2 aromatic heterocycles. The Kier molecular flexibility index (Phi) is 7.15. The van der Waals surface area contributed by atoms with E-state index in [1.165, 1.54) is 6.07 Å². The summed E-state index contributed by atoms with van der Waals surface area (Å²) in [6, 6.07) is 14.8. The summed E-state index contributed by atoms with van der Waals surface area (Å²) in [5.74, 6) is 0.642. The summed E-state index contributed by atoms with van der Waals surface area (Å²) >= 11 is 0. The molecule has 1 aliphatic rings. The van der Waals surface area contributed by atoms with Gasteiger partial charge in [-0.05, 0) is 42.5 Å². The van der Waals surface area contributed by atoms with Crippen LogP contribution in [0.15, 0.2) is 60.8 Å². The molecule has 0 atom stereocenters. The van der Waals surface area contributed by atoms with Gasteiger partial charge in [0.15, 0.2) is 0 Å². The molecule has 0 saturated carbocycles. The van der Waals surface area contributed by atoms with Crippen LogP contribution in [-0.4, -0.2) is 65.2 Å². The van der Waals surface area contributed by atoms with Crippen LogP contribution in [0.5, 0.6) is 5.75 Å². The molecular formula is C26H25F2N5O3. The van der Waals surface area contributed by atoms with Crippen molar-refractivity contribution >= 4 is 22.8 Å². The Hall–Kier alpha value is -3.89. The van der Waals surface area contributed by atoms with Crippen LogP contribution in [0.25, 0.3) is 22.4 Å². The van der Waals surface area contributed by atoms with Gasteiger partial charge in [-0.2, -0.15) is 0 Å². The molecule has 1 saturated heterocycles. The number of para-hydroxylation sites is 1. The number of morpholine rings is 1. The fraction of sp³-hybridized carbons (Fsp3) is 0.269. The van der Waals surface area contributed by atoms with Crippen LogP contribution < -0.4 is 10.1 Å². The lowest BCUT2D eigenvalue weighted by molar-refractivity contribution is 0.0322. The third-order valence-electron chi connectivity index (χ3n) is 5.96. The van der Waals surface area contributed by atoms with Crippen molar-refractivity contribution in [3.8, 4) is 17.1 Å². The fourth-order valence-electron chi connectivity index (χ4n) is 4.11. The molecular weight excluding hydrogens is 468 g/mol. The van der Waals surface area contributed by atoms with Gasteiger partial charge in [-0.1, -0.05) is 12.1 Å². The molecule has 0 unspecified atom stereocenters. The van der Waals surface area contributed by atoms with E-state index in [2.05, 4.69) is 25.2 Å². The van der Waals surface area contributed by atoms with Crippen molar-refractivity contribution in [3.63, 3.8) is 0 Å². The van der Waals surface area contributed by atoms with Crippen LogP contribution in [0.3, 0.4) is 0 Å². The third kappa shape index (κ3) is 5.34. The lowest BCUT2D eigenvalue weighted by Gasteiger charge is -2.26. The van der Waals surface area contributed by atoms with Crippen molar-refractivity contribution in [1.29, 1.82) is 0 Å². The molecule has 0 bridgehead atoms. The number of ether oxygens (including phenoxy) is 2. The first-order valence-corrected chi connectivity index (χ1v) is 11.6. The van der Waals surface area contributed by atoms with Crippen molar-refractivity contribution in [1.82, 2.24) is 19.9 Å². The van der Waals surface area contributed by atoms with Gasteiger partial charge in [0, 0.05) is 37.0 Å². The van der Waals surface area contributed by atoms with E-state index in [1.807, 2.05) is 0 Å². The number of H-pyrrole nitrogens is 1. The van der Waals surface area contributed by atoms with E-state index in [0.717, 1.165) is 13.1 Å². The number of aromatic amines is 1. The monoisotopic (exact) mass is 493 g/mol. The quantitative estimate of drug-likeness (QED) is 0.375. The van der Waals surface area contributed by atoms with Crippen molar-refractivity contribution in [3.05, 3.63) is 71.9 Å². The number of carbonyl (C=O) groups excluding carboxylic acids is 1. The highest BCUT2D eigenvalue weighted by atomic mass is 19.3. The van der Waals surface area contributed by atoms with Crippen molar-refractivity contribution < 1.29 is 23.0 Å². The topological polar surface area (TPSA) is 92.4 Å². The van der Waals surface area contributed by atoms with E-state index in [-0.39, 0.29) is 22.9 Å². The number of benzene rings is 2. The first-order chi connectivity index (χ1) is 17.6. The lowest BCUT2D eigenvalue weighted by atomic mass is 10.1. The number of rotatable bonds is 8. The minimum atomic E-state index is -2.73. The zero-order valence-corrected chi connectivity index (χ0v) is 19.4. The Balaban J connectivity index is 1.37. The van der Waals surface area contributed by atoms with Crippen LogP contribution in [0.1, 0.15) is 22.3 Å². The second-order valence-corrected chi connectivity index (χ2v) is 8.31. The van der Waals surface area contributed by atoms with E-state index >= 15 is 0 Å². The van der Waals surface area contributed by atoms with Gasteiger partial charge >= 0.3 is 0 Å². The molecule has 1 fully saturated rings. The Morgan fingerprint density at radius 1 is 1.14 bits per heavy atom. The molecule has 1 aliphatic heterocycles. The van der Waals surface area contributed by atoms with Crippen molar-refractivity contribution in [2.24, 2.45) is 0 Å². The lowest BCUT2D eigenvalue weighted by Crippen LogP contribution is -2.38. The molecule has 4 aromatic rings. The molecule has 3 heterocycles. The highest BCUT2D eigenvalue weighted by Crippen LogP contribution is 2.34. The summed E-state index contributed by atoms with van der Waals surface area (Å²) in [6.07, 6.45) is -1.16. The number of aromatic nitrogens is 3. The van der Waals surface area contributed by atoms with E-state index < -0.39 is 6.43 Å². The van der Waals surface area contributed by atoms with Crippen LogP contribution >= 0.6 is 0 Å². The Morgan fingerprint density at radius 2 is 2.00 bits per heavy atom. The summed E-state index contributed by atoms with van der Waals surface area (Å²) in [5.41, 5.74) is 1.32. The van der Waals surface area contributed by atoms with Gasteiger partial charge in [-0.25, -0.2) is 18.7 Å². The van der Waals surface area contributed by atoms with Gasteiger partial charge in [-0.3, -0.25) is 9.69 Å². The Labute approximate surface area is 206 Å². The maximum absolute atomic E-state index is 14.0. The zero-order valence-electron chi connectivity index (χ0n) is 19.4. The second-order valence-electron chi connectivity index (χ2n) is 8.31. The summed E-state index contributed by atoms with van der Waals surface area (Å²) in [4.78, 5) is 26.7. The number of hydrogen-bond acceptors (Lipinski definition) is 6. The summed E-state index contributed by atoms with van der Waals surface area (Å²) in [7, 11) is 0. The van der Waals surface area contributed by atoms with E-state index in [1.54, 1.807) is 54.7 Å². The van der Waals surface area contributed by atoms with E-state index in [4.69, 9.17) is 9.47 Å². The number of hydrogen-bond donors (Lipinski definition) is 2. The third-order valence-corrected chi connectivity index (χ3v) is 5.96. The average Bonchev–Trinajstić information content (AvgIpc) is 3.34. The van der Waals surface area contributed by atoms with Crippen molar-refractivity contribution in [2.45, 2.75) is 6.43 Å². The van der Waals surface area contributed by atoms with Gasteiger partial charge in [0.25, 0.3) is 12.3 Å². The van der Waals surface area contributed by atoms with E-state index in [9.17, 15) is 13.6 Å². The van der Waals surface area contributed by atoms with Crippen LogP contribution in [0.2, 0.25) is 0 Å². The van der Waals surface area contributed by atoms with Crippen LogP contribution in [-0.2, 0) is 4.74 Å². The second kappa shape index (κ2) is 10.8. The summed E-state index contributed by atoms with van der Waals surface area (Å²) in [6.45, 7) is 4.13. The number of pyridine rings is 1. The molecule has 5 rings (SSSR count). The first kappa shape index (κ1) is 23.8. The molecule has 2 N–H and O–H groups in total. The smallest absolute Gasteiger partial charge is 0.264 e. The molecule has 2 aromatic carbocycles. The van der Waals surface area contributed by atoms with Gasteiger partial charge in [0.1, 0.15) is 24.0 Å². The van der Waals surface area contributed by atoms with Gasteiger partial charge in [0.2, 0.25) is 0 Å². The molecule has 0 spiro atoms. The molecule has 1 amide bonds. The molecule has 8 nitrogen and oxygen atoms in total. The molecule has 10 heteroatoms. The van der Waals surface area contributed by atoms with Crippen LogP contribution in [0, 0.1) is 0 Å². The number of nitrogens with one attached hydrogen (secondary N) is 2. The van der Waals surface area contributed by atoms with Crippen molar-refractivity contribution in [2.75, 3.05) is 44.8 Å². The van der Waals surface area contributed by atoms with Gasteiger partial charge in [-0.15, -0.1) is 0 Å². The average molecular weight is 494 g/mol. The first-order valence-electron chi connectivity index (χ1n) is 11.6. The minimum absolute atomic E-state index is 0.197. The maximum Gasteiger partial charge on any atom is 0.264 e. The van der Waals surface area contributed by atoms with Gasteiger partial charge < -0.3 is 19.8 Å². The maximum atomic E-state index is 14.0. The highest BCUT2D eigenvalue weighted by molar-refractivity contribution is 6.11. The number of carbonyl (C=O) groups is 1. The standard InChI is InChI=1S/C26H25F2N5O3/c27-24(28)20-16-17(36-15-12-33-10-13-35-14-11-33)7-8-18(20)25-30-21-5-3-4-19(23(21)32-25)26(34)31-22-6-1-2-9-29-22/h1-9,16,24H,10-15H2,(H,30,32)(H,29,31,34). The fourth-order valence-corrected chi connectivity index (χ4v) is 4.11. The predicted octanol–water partition coefficient (Wildman–Crippen LogP) is 4.53. The number of halogens is 2. The SMILES string of the molecule is O=C(Nc1ccccn1)c1cccc2nc(-c3ccc(OCCN4CCOCC4)cc3C(F)F)[nH]c12. The number of nitrogens with zero attached hydrogens (tertiary/aromatic N) is 3. The number of imidazole rings is 1. The largest absolute Gasteiger partial charge is 0.492 e. The molecule has 36 heavy (non-hydrogen) atoms. The molecule has 186 valence electrons. The number of alkyl halides is 2. The number of anilines is 1. The van der Waals surface area contributed by atoms with E-state index in [0.29, 0.717) is 54.5 Å². The van der Waals surface area contributed by atoms with Crippen LogP contribution in [0.4, 0.5) is 14.6 Å². The molecule has 0 aliphatic carbocycles. The Bertz CT molecular complexity index is 1340. The zero-order chi connectivity index (χ0) is 24.9. The summed E-state index contributed by atoms with van der Waals surface area (Å²) < 4.78 is 39.1. The number of amides is 1. The Morgan fingerprint density at radius 3 is 2.78 bits per heavy atom. The number of fused-ring (bicyclic) bond motifs is 1. The highest BCUT2D eigenvalue weighted by Gasteiger charge is 2.20. The normalized spacial score (nSPS) is 14.3. The molecule has 0 radical (unpaired) electrons. The minimum Gasteiger partial charge on any atom is -0.492 e. The summed E-state index contributed by atoms with van der Waals surface area (Å²) in [5, 5.41) is 2.73.